The van der Waals surface area contributed by atoms with Crippen LogP contribution in [0.15, 0.2) is 48.5 Å². The molecule has 0 spiro atoms. The SMILES string of the molecule is COc1cccc(N(CCCC(=O)N(Cc2ccccc2F)[C@@H](C)C(=O)NC2CCCC2)S(C)(=O)=O)c1. The van der Waals surface area contributed by atoms with E-state index in [1.165, 1.54) is 22.4 Å². The predicted molar refractivity (Wildman–Crippen MR) is 141 cm³/mol. The number of nitrogens with zero attached hydrogens (tertiary/aromatic N) is 2. The van der Waals surface area contributed by atoms with E-state index in [0.717, 1.165) is 31.9 Å². The van der Waals surface area contributed by atoms with Crippen LogP contribution in [-0.4, -0.2) is 57.1 Å². The Labute approximate surface area is 218 Å². The van der Waals surface area contributed by atoms with Crippen molar-refractivity contribution in [1.82, 2.24) is 10.2 Å². The highest BCUT2D eigenvalue weighted by molar-refractivity contribution is 7.92. The molecule has 1 saturated carbocycles. The molecular weight excluding hydrogens is 497 g/mol. The Balaban J connectivity index is 1.73. The van der Waals surface area contributed by atoms with Crippen LogP contribution >= 0.6 is 0 Å². The number of hydrogen-bond acceptors (Lipinski definition) is 5. The van der Waals surface area contributed by atoms with Gasteiger partial charge >= 0.3 is 0 Å². The van der Waals surface area contributed by atoms with Crippen molar-refractivity contribution in [2.45, 2.75) is 64.1 Å². The number of ether oxygens (including phenoxy) is 1. The van der Waals surface area contributed by atoms with Crippen LogP contribution in [0.3, 0.4) is 0 Å². The highest BCUT2D eigenvalue weighted by Crippen LogP contribution is 2.24. The molecule has 0 bridgehead atoms. The van der Waals surface area contributed by atoms with Gasteiger partial charge in [0.2, 0.25) is 21.8 Å². The number of anilines is 1. The first-order chi connectivity index (χ1) is 17.6. The van der Waals surface area contributed by atoms with Crippen LogP contribution in [0.2, 0.25) is 0 Å². The Kier molecular flexibility index (Phi) is 9.91. The maximum Gasteiger partial charge on any atom is 0.242 e. The number of halogens is 1. The van der Waals surface area contributed by atoms with E-state index in [-0.39, 0.29) is 43.8 Å². The standard InChI is InChI=1S/C27H36FN3O5S/c1-20(27(33)29-22-11-5-6-12-22)30(19-21-10-4-7-15-25(21)28)26(32)16-9-17-31(37(3,34)35)23-13-8-14-24(18-23)36-2/h4,7-8,10,13-15,18,20,22H,5-6,9,11-12,16-17,19H2,1-3H3,(H,29,33)/t20-/m0/s1. The Morgan fingerprint density at radius 1 is 1.14 bits per heavy atom. The minimum Gasteiger partial charge on any atom is -0.497 e. The van der Waals surface area contributed by atoms with E-state index in [4.69, 9.17) is 4.74 Å². The molecule has 0 saturated heterocycles. The summed E-state index contributed by atoms with van der Waals surface area (Å²) in [5, 5.41) is 3.01. The Hall–Kier alpha value is -3.14. The van der Waals surface area contributed by atoms with E-state index in [1.54, 1.807) is 49.4 Å². The first kappa shape index (κ1) is 28.4. The minimum absolute atomic E-state index is 0.00844. The molecule has 2 amide bonds. The average Bonchev–Trinajstić information content (AvgIpc) is 3.38. The van der Waals surface area contributed by atoms with Crippen LogP contribution in [0.25, 0.3) is 0 Å². The van der Waals surface area contributed by atoms with Gasteiger partial charge in [0.15, 0.2) is 0 Å². The molecule has 1 fully saturated rings. The molecule has 0 aromatic heterocycles. The predicted octanol–water partition coefficient (Wildman–Crippen LogP) is 3.86. The Morgan fingerprint density at radius 3 is 2.49 bits per heavy atom. The van der Waals surface area contributed by atoms with E-state index < -0.39 is 21.9 Å². The second-order valence-corrected chi connectivity index (χ2v) is 11.3. The van der Waals surface area contributed by atoms with E-state index >= 15 is 0 Å². The monoisotopic (exact) mass is 533 g/mol. The molecule has 3 rings (SSSR count). The summed E-state index contributed by atoms with van der Waals surface area (Å²) in [7, 11) is -2.12. The molecule has 0 radical (unpaired) electrons. The van der Waals surface area contributed by atoms with E-state index in [0.29, 0.717) is 17.0 Å². The van der Waals surface area contributed by atoms with Crippen molar-refractivity contribution in [2.24, 2.45) is 0 Å². The van der Waals surface area contributed by atoms with E-state index in [9.17, 15) is 22.4 Å². The molecule has 10 heteroatoms. The van der Waals surface area contributed by atoms with Crippen molar-refractivity contribution in [3.05, 3.63) is 59.9 Å². The highest BCUT2D eigenvalue weighted by Gasteiger charge is 2.29. The molecule has 2 aromatic carbocycles. The molecule has 2 aromatic rings. The number of carbonyl (C=O) groups is 2. The zero-order valence-corrected chi connectivity index (χ0v) is 22.5. The van der Waals surface area contributed by atoms with Crippen LogP contribution in [0, 0.1) is 5.82 Å². The lowest BCUT2D eigenvalue weighted by Crippen LogP contribution is -2.49. The lowest BCUT2D eigenvalue weighted by Gasteiger charge is -2.30. The molecule has 8 nitrogen and oxygen atoms in total. The van der Waals surface area contributed by atoms with Crippen molar-refractivity contribution >= 4 is 27.5 Å². The van der Waals surface area contributed by atoms with Gasteiger partial charge in [-0.05, 0) is 44.4 Å². The second kappa shape index (κ2) is 12.9. The van der Waals surface area contributed by atoms with Crippen LogP contribution in [0.4, 0.5) is 10.1 Å². The Morgan fingerprint density at radius 2 is 1.84 bits per heavy atom. The van der Waals surface area contributed by atoms with Crippen LogP contribution in [0.1, 0.15) is 51.0 Å². The van der Waals surface area contributed by atoms with Gasteiger partial charge in [-0.1, -0.05) is 37.1 Å². The van der Waals surface area contributed by atoms with E-state index in [1.807, 2.05) is 0 Å². The molecule has 37 heavy (non-hydrogen) atoms. The van der Waals surface area contributed by atoms with Crippen LogP contribution in [-0.2, 0) is 26.2 Å². The smallest absolute Gasteiger partial charge is 0.242 e. The van der Waals surface area contributed by atoms with Gasteiger partial charge in [0.05, 0.1) is 19.1 Å². The summed E-state index contributed by atoms with van der Waals surface area (Å²) in [4.78, 5) is 27.7. The first-order valence-electron chi connectivity index (χ1n) is 12.5. The largest absolute Gasteiger partial charge is 0.497 e. The maximum atomic E-state index is 14.4. The molecule has 1 atom stereocenters. The van der Waals surface area contributed by atoms with Gasteiger partial charge in [-0.2, -0.15) is 0 Å². The number of sulfonamides is 1. The van der Waals surface area contributed by atoms with Gasteiger partial charge in [-0.3, -0.25) is 13.9 Å². The summed E-state index contributed by atoms with van der Waals surface area (Å²) in [5.41, 5.74) is 0.743. The van der Waals surface area contributed by atoms with Crippen molar-refractivity contribution in [2.75, 3.05) is 24.2 Å². The van der Waals surface area contributed by atoms with Crippen molar-refractivity contribution < 1.29 is 27.1 Å². The number of nitrogens with one attached hydrogen (secondary N) is 1. The van der Waals surface area contributed by atoms with Crippen LogP contribution in [0.5, 0.6) is 5.75 Å². The number of methoxy groups -OCH3 is 1. The molecule has 1 aliphatic carbocycles. The lowest BCUT2D eigenvalue weighted by molar-refractivity contribution is -0.141. The topological polar surface area (TPSA) is 96.0 Å². The van der Waals surface area contributed by atoms with Crippen molar-refractivity contribution in [3.63, 3.8) is 0 Å². The fourth-order valence-electron chi connectivity index (χ4n) is 4.55. The maximum absolute atomic E-state index is 14.4. The van der Waals surface area contributed by atoms with E-state index in [2.05, 4.69) is 5.32 Å². The van der Waals surface area contributed by atoms with Crippen molar-refractivity contribution in [3.8, 4) is 5.75 Å². The number of benzene rings is 2. The summed E-state index contributed by atoms with van der Waals surface area (Å²) < 4.78 is 45.8. The lowest BCUT2D eigenvalue weighted by atomic mass is 10.1. The normalized spacial score (nSPS) is 14.7. The number of hydrogen-bond donors (Lipinski definition) is 1. The third-order valence-electron chi connectivity index (χ3n) is 6.66. The van der Waals surface area contributed by atoms with Gasteiger partial charge < -0.3 is 15.0 Å². The summed E-state index contributed by atoms with van der Waals surface area (Å²) in [6, 6.07) is 12.1. The van der Waals surface area contributed by atoms with Gasteiger partial charge in [0.1, 0.15) is 17.6 Å². The first-order valence-corrected chi connectivity index (χ1v) is 14.4. The molecule has 1 N–H and O–H groups in total. The van der Waals surface area contributed by atoms with Gasteiger partial charge in [0.25, 0.3) is 0 Å². The molecule has 0 aliphatic heterocycles. The molecule has 0 unspecified atom stereocenters. The molecule has 1 aliphatic rings. The van der Waals surface area contributed by atoms with Crippen LogP contribution < -0.4 is 14.4 Å². The fraction of sp³-hybridized carbons (Fsp3) is 0.481. The zero-order valence-electron chi connectivity index (χ0n) is 21.7. The molecular formula is C27H36FN3O5S. The third-order valence-corrected chi connectivity index (χ3v) is 7.85. The Bertz CT molecular complexity index is 1180. The number of amides is 2. The molecule has 202 valence electrons. The van der Waals surface area contributed by atoms with Gasteiger partial charge in [0, 0.05) is 37.2 Å². The molecule has 0 heterocycles. The number of rotatable bonds is 12. The fourth-order valence-corrected chi connectivity index (χ4v) is 5.51. The second-order valence-electron chi connectivity index (χ2n) is 9.42. The summed E-state index contributed by atoms with van der Waals surface area (Å²) >= 11 is 0. The zero-order chi connectivity index (χ0) is 27.0. The summed E-state index contributed by atoms with van der Waals surface area (Å²) in [5.74, 6) is -0.562. The quantitative estimate of drug-likeness (QED) is 0.447. The van der Waals surface area contributed by atoms with Gasteiger partial charge in [-0.15, -0.1) is 0 Å². The summed E-state index contributed by atoms with van der Waals surface area (Å²) in [6.07, 6.45) is 5.24. The van der Waals surface area contributed by atoms with Crippen molar-refractivity contribution in [1.29, 1.82) is 0 Å². The van der Waals surface area contributed by atoms with Gasteiger partial charge in [-0.25, -0.2) is 12.8 Å². The minimum atomic E-state index is -3.62. The third kappa shape index (κ3) is 7.92. The summed E-state index contributed by atoms with van der Waals surface area (Å²) in [6.45, 7) is 1.65. The highest BCUT2D eigenvalue weighted by atomic mass is 32.2. The number of carbonyl (C=O) groups excluding carboxylic acids is 2. The average molecular weight is 534 g/mol.